The van der Waals surface area contributed by atoms with Gasteiger partial charge in [0.25, 0.3) is 0 Å². The summed E-state index contributed by atoms with van der Waals surface area (Å²) < 4.78 is 6.13. The van der Waals surface area contributed by atoms with E-state index in [-0.39, 0.29) is 11.7 Å². The Morgan fingerprint density at radius 3 is 2.35 bits per heavy atom. The maximum atomic E-state index is 12.4. The van der Waals surface area contributed by atoms with Gasteiger partial charge in [-0.3, -0.25) is 4.79 Å². The minimum atomic E-state index is -0.748. The molecule has 3 heteroatoms. The highest BCUT2D eigenvalue weighted by Crippen LogP contribution is 2.43. The van der Waals surface area contributed by atoms with E-state index in [9.17, 15) is 9.90 Å². The Kier molecular flexibility index (Phi) is 3.57. The van der Waals surface area contributed by atoms with Gasteiger partial charge in [0, 0.05) is 11.5 Å². The van der Waals surface area contributed by atoms with Crippen molar-refractivity contribution in [3.05, 3.63) is 22.3 Å². The van der Waals surface area contributed by atoms with Crippen LogP contribution in [0.1, 0.15) is 49.4 Å². The molecule has 3 nitrogen and oxygen atoms in total. The molecule has 0 unspecified atom stereocenters. The van der Waals surface area contributed by atoms with Gasteiger partial charge in [-0.1, -0.05) is 13.8 Å². The van der Waals surface area contributed by atoms with E-state index in [1.165, 1.54) is 0 Å². The fourth-order valence-electron chi connectivity index (χ4n) is 3.03. The minimum Gasteiger partial charge on any atom is -0.507 e. The molecule has 1 N–H and O–H groups in total. The number of ketones is 1. The lowest BCUT2D eigenvalue weighted by Crippen LogP contribution is -2.46. The molecule has 0 bridgehead atoms. The van der Waals surface area contributed by atoms with Crippen molar-refractivity contribution < 1.29 is 14.6 Å². The number of aromatic hydroxyl groups is 1. The first kappa shape index (κ1) is 14.9. The van der Waals surface area contributed by atoms with E-state index >= 15 is 0 Å². The van der Waals surface area contributed by atoms with Gasteiger partial charge in [0.2, 0.25) is 0 Å². The fourth-order valence-corrected chi connectivity index (χ4v) is 3.03. The van der Waals surface area contributed by atoms with Crippen LogP contribution in [0, 0.1) is 26.7 Å². The SMILES string of the molecule is Cc1c(C)c2c(c(C)c1O)CC[C@](C)(C(=O)C(C)C)O2. The molecular weight excluding hydrogens is 252 g/mol. The summed E-state index contributed by atoms with van der Waals surface area (Å²) in [5.41, 5.74) is 2.94. The van der Waals surface area contributed by atoms with Crippen molar-refractivity contribution in [3.63, 3.8) is 0 Å². The van der Waals surface area contributed by atoms with Crippen LogP contribution in [0.3, 0.4) is 0 Å². The molecule has 0 aliphatic carbocycles. The summed E-state index contributed by atoms with van der Waals surface area (Å²) in [4.78, 5) is 12.4. The summed E-state index contributed by atoms with van der Waals surface area (Å²) >= 11 is 0. The first-order chi connectivity index (χ1) is 9.19. The first-order valence-corrected chi connectivity index (χ1v) is 7.24. The molecule has 1 aromatic rings. The summed E-state index contributed by atoms with van der Waals surface area (Å²) in [7, 11) is 0. The molecule has 1 aliphatic heterocycles. The second-order valence-electron chi connectivity index (χ2n) is 6.38. The smallest absolute Gasteiger partial charge is 0.178 e. The van der Waals surface area contributed by atoms with E-state index in [0.717, 1.165) is 34.4 Å². The lowest BCUT2D eigenvalue weighted by atomic mass is 9.82. The summed E-state index contributed by atoms with van der Waals surface area (Å²) in [6, 6.07) is 0. The Hall–Kier alpha value is -1.51. The van der Waals surface area contributed by atoms with Gasteiger partial charge in [0.15, 0.2) is 11.4 Å². The Morgan fingerprint density at radius 2 is 1.80 bits per heavy atom. The first-order valence-electron chi connectivity index (χ1n) is 7.24. The van der Waals surface area contributed by atoms with E-state index in [4.69, 9.17) is 4.74 Å². The number of phenols is 1. The molecule has 110 valence electrons. The highest BCUT2D eigenvalue weighted by atomic mass is 16.5. The number of benzene rings is 1. The van der Waals surface area contributed by atoms with Crippen LogP contribution in [0.25, 0.3) is 0 Å². The van der Waals surface area contributed by atoms with Crippen LogP contribution in [-0.2, 0) is 11.2 Å². The van der Waals surface area contributed by atoms with Crippen molar-refractivity contribution in [2.75, 3.05) is 0 Å². The van der Waals surface area contributed by atoms with Crippen LogP contribution in [0.2, 0.25) is 0 Å². The summed E-state index contributed by atoms with van der Waals surface area (Å²) in [6.45, 7) is 11.4. The molecule has 0 radical (unpaired) electrons. The van der Waals surface area contributed by atoms with Crippen molar-refractivity contribution in [2.45, 2.75) is 60.0 Å². The van der Waals surface area contributed by atoms with E-state index in [2.05, 4.69) is 0 Å². The second-order valence-corrected chi connectivity index (χ2v) is 6.38. The molecule has 0 saturated carbocycles. The highest BCUT2D eigenvalue weighted by molar-refractivity contribution is 5.89. The zero-order valence-electron chi connectivity index (χ0n) is 13.3. The number of ether oxygens (including phenoxy) is 1. The predicted molar refractivity (Wildman–Crippen MR) is 79.5 cm³/mol. The van der Waals surface area contributed by atoms with Crippen LogP contribution in [0.4, 0.5) is 0 Å². The maximum absolute atomic E-state index is 12.4. The monoisotopic (exact) mass is 276 g/mol. The zero-order valence-corrected chi connectivity index (χ0v) is 13.3. The number of Topliss-reactive ketones (excluding diaryl/α,β-unsaturated/α-hetero) is 1. The van der Waals surface area contributed by atoms with Gasteiger partial charge in [0.05, 0.1) is 0 Å². The Morgan fingerprint density at radius 1 is 1.20 bits per heavy atom. The number of fused-ring (bicyclic) bond motifs is 1. The zero-order chi connectivity index (χ0) is 15.2. The largest absolute Gasteiger partial charge is 0.507 e. The number of carbonyl (C=O) groups excluding carboxylic acids is 1. The van der Waals surface area contributed by atoms with Crippen LogP contribution < -0.4 is 4.74 Å². The fraction of sp³-hybridized carbons (Fsp3) is 0.588. The Bertz CT molecular complexity index is 572. The number of hydrogen-bond donors (Lipinski definition) is 1. The normalized spacial score (nSPS) is 21.6. The average Bonchev–Trinajstić information content (AvgIpc) is 2.41. The van der Waals surface area contributed by atoms with Gasteiger partial charge in [-0.25, -0.2) is 0 Å². The van der Waals surface area contributed by atoms with Gasteiger partial charge in [0.1, 0.15) is 11.5 Å². The van der Waals surface area contributed by atoms with Crippen LogP contribution in [0.5, 0.6) is 11.5 Å². The van der Waals surface area contributed by atoms with Gasteiger partial charge in [-0.05, 0) is 57.2 Å². The van der Waals surface area contributed by atoms with Gasteiger partial charge in [-0.2, -0.15) is 0 Å². The molecule has 1 heterocycles. The average molecular weight is 276 g/mol. The van der Waals surface area contributed by atoms with Crippen LogP contribution in [0.15, 0.2) is 0 Å². The molecule has 0 fully saturated rings. The highest BCUT2D eigenvalue weighted by Gasteiger charge is 2.41. The number of hydrogen-bond acceptors (Lipinski definition) is 3. The third kappa shape index (κ3) is 2.09. The lowest BCUT2D eigenvalue weighted by molar-refractivity contribution is -0.137. The van der Waals surface area contributed by atoms with Crippen LogP contribution in [-0.4, -0.2) is 16.5 Å². The second kappa shape index (κ2) is 4.80. The van der Waals surface area contributed by atoms with E-state index in [0.29, 0.717) is 12.2 Å². The molecule has 1 atom stereocenters. The quantitative estimate of drug-likeness (QED) is 0.897. The van der Waals surface area contributed by atoms with Crippen molar-refractivity contribution in [1.29, 1.82) is 0 Å². The summed E-state index contributed by atoms with van der Waals surface area (Å²) in [5.74, 6) is 1.25. The summed E-state index contributed by atoms with van der Waals surface area (Å²) in [6.07, 6.45) is 1.44. The molecular formula is C17H24O3. The Labute approximate surface area is 121 Å². The lowest BCUT2D eigenvalue weighted by Gasteiger charge is -2.37. The summed E-state index contributed by atoms with van der Waals surface area (Å²) in [5, 5.41) is 10.1. The molecule has 0 amide bonds. The van der Waals surface area contributed by atoms with Crippen molar-refractivity contribution in [1.82, 2.24) is 0 Å². The van der Waals surface area contributed by atoms with Crippen LogP contribution >= 0.6 is 0 Å². The van der Waals surface area contributed by atoms with Crippen molar-refractivity contribution >= 4 is 5.78 Å². The van der Waals surface area contributed by atoms with E-state index < -0.39 is 5.60 Å². The maximum Gasteiger partial charge on any atom is 0.178 e. The molecule has 2 rings (SSSR count). The predicted octanol–water partition coefficient (Wildman–Crippen LogP) is 3.63. The van der Waals surface area contributed by atoms with Gasteiger partial charge >= 0.3 is 0 Å². The third-order valence-corrected chi connectivity index (χ3v) is 4.57. The molecule has 1 aliphatic rings. The number of phenolic OH excluding ortho intramolecular Hbond substituents is 1. The topological polar surface area (TPSA) is 46.5 Å². The molecule has 0 saturated heterocycles. The third-order valence-electron chi connectivity index (χ3n) is 4.57. The van der Waals surface area contributed by atoms with E-state index in [1.807, 2.05) is 41.5 Å². The Balaban J connectivity index is 2.53. The van der Waals surface area contributed by atoms with Crippen molar-refractivity contribution in [3.8, 4) is 11.5 Å². The molecule has 0 aromatic heterocycles. The number of carbonyl (C=O) groups is 1. The molecule has 1 aromatic carbocycles. The van der Waals surface area contributed by atoms with Gasteiger partial charge < -0.3 is 9.84 Å². The standard InChI is InChI=1S/C17H24O3/c1-9(2)16(19)17(6)8-7-13-12(5)14(18)10(3)11(4)15(13)20-17/h9,18H,7-8H2,1-6H3/t17-/m1/s1. The van der Waals surface area contributed by atoms with E-state index in [1.54, 1.807) is 0 Å². The molecule has 20 heavy (non-hydrogen) atoms. The molecule has 0 spiro atoms. The van der Waals surface area contributed by atoms with Crippen molar-refractivity contribution in [2.24, 2.45) is 5.92 Å². The van der Waals surface area contributed by atoms with Gasteiger partial charge in [-0.15, -0.1) is 0 Å². The minimum absolute atomic E-state index is 0.0406. The number of rotatable bonds is 2.